The van der Waals surface area contributed by atoms with Gasteiger partial charge in [0.2, 0.25) is 5.88 Å². The Morgan fingerprint density at radius 1 is 1.43 bits per heavy atom. The molecule has 0 spiro atoms. The Bertz CT molecular complexity index is 465. The van der Waals surface area contributed by atoms with E-state index in [1.54, 1.807) is 19.1 Å². The molecule has 4 heteroatoms. The summed E-state index contributed by atoms with van der Waals surface area (Å²) >= 11 is 0. The van der Waals surface area contributed by atoms with Gasteiger partial charge in [0.15, 0.2) is 0 Å². The first-order chi connectivity index (χ1) is 6.68. The van der Waals surface area contributed by atoms with Gasteiger partial charge in [-0.1, -0.05) is 17.3 Å². The van der Waals surface area contributed by atoms with Crippen LogP contribution < -0.4 is 5.73 Å². The van der Waals surface area contributed by atoms with Gasteiger partial charge < -0.3 is 10.3 Å². The van der Waals surface area contributed by atoms with Crippen molar-refractivity contribution in [2.45, 2.75) is 6.92 Å². The topological polar surface area (TPSA) is 52.0 Å². The van der Waals surface area contributed by atoms with Gasteiger partial charge in [-0.3, -0.25) is 0 Å². The average Bonchev–Trinajstić information content (AvgIpc) is 2.57. The van der Waals surface area contributed by atoms with Crippen molar-refractivity contribution in [2.24, 2.45) is 0 Å². The molecule has 72 valence electrons. The largest absolute Gasteiger partial charge is 0.367 e. The van der Waals surface area contributed by atoms with Crippen LogP contribution in [0.4, 0.5) is 10.3 Å². The number of hydrogen-bond acceptors (Lipinski definition) is 3. The van der Waals surface area contributed by atoms with Crippen LogP contribution in [-0.2, 0) is 0 Å². The first-order valence-corrected chi connectivity index (χ1v) is 4.15. The summed E-state index contributed by atoms with van der Waals surface area (Å²) in [6.07, 6.45) is 1.47. The maximum absolute atomic E-state index is 13.2. The number of hydrogen-bond donors (Lipinski definition) is 1. The number of nitrogens with two attached hydrogens (primary N) is 1. The van der Waals surface area contributed by atoms with Gasteiger partial charge in [-0.05, 0) is 24.1 Å². The first kappa shape index (κ1) is 8.74. The molecule has 3 nitrogen and oxygen atoms in total. The van der Waals surface area contributed by atoms with Crippen molar-refractivity contribution < 1.29 is 8.91 Å². The standard InChI is InChI=1S/C10H9FN2O/c1-6-2-3-7(4-9(6)11)8-5-13-14-10(8)12/h2-5H,12H2,1H3. The maximum atomic E-state index is 13.2. The van der Waals surface area contributed by atoms with Gasteiger partial charge in [-0.25, -0.2) is 4.39 Å². The van der Waals surface area contributed by atoms with Gasteiger partial charge in [0, 0.05) is 0 Å². The van der Waals surface area contributed by atoms with Crippen molar-refractivity contribution in [3.05, 3.63) is 35.8 Å². The average molecular weight is 192 g/mol. The fourth-order valence-corrected chi connectivity index (χ4v) is 1.23. The molecule has 14 heavy (non-hydrogen) atoms. The zero-order chi connectivity index (χ0) is 10.1. The van der Waals surface area contributed by atoms with E-state index in [0.29, 0.717) is 16.7 Å². The van der Waals surface area contributed by atoms with Crippen LogP contribution in [0.25, 0.3) is 11.1 Å². The van der Waals surface area contributed by atoms with E-state index in [2.05, 4.69) is 5.16 Å². The van der Waals surface area contributed by atoms with Crippen LogP contribution in [0.15, 0.2) is 28.9 Å². The van der Waals surface area contributed by atoms with Gasteiger partial charge in [-0.2, -0.15) is 0 Å². The fourth-order valence-electron chi connectivity index (χ4n) is 1.23. The van der Waals surface area contributed by atoms with E-state index in [1.807, 2.05) is 0 Å². The molecule has 0 aliphatic carbocycles. The molecule has 1 aromatic heterocycles. The van der Waals surface area contributed by atoms with Crippen molar-refractivity contribution in [3.63, 3.8) is 0 Å². The Kier molecular flexibility index (Phi) is 1.96. The number of aromatic nitrogens is 1. The molecule has 0 saturated heterocycles. The van der Waals surface area contributed by atoms with Crippen LogP contribution in [0.3, 0.4) is 0 Å². The van der Waals surface area contributed by atoms with E-state index in [-0.39, 0.29) is 11.7 Å². The summed E-state index contributed by atoms with van der Waals surface area (Å²) in [6, 6.07) is 4.89. The number of benzene rings is 1. The van der Waals surface area contributed by atoms with E-state index in [4.69, 9.17) is 10.3 Å². The van der Waals surface area contributed by atoms with E-state index in [1.165, 1.54) is 12.3 Å². The maximum Gasteiger partial charge on any atom is 0.229 e. The predicted octanol–water partition coefficient (Wildman–Crippen LogP) is 2.37. The number of rotatable bonds is 1. The van der Waals surface area contributed by atoms with Gasteiger partial charge in [-0.15, -0.1) is 0 Å². The minimum absolute atomic E-state index is 0.202. The quantitative estimate of drug-likeness (QED) is 0.754. The molecular weight excluding hydrogens is 183 g/mol. The summed E-state index contributed by atoms with van der Waals surface area (Å²) in [5.41, 5.74) is 7.40. The second kappa shape index (κ2) is 3.14. The summed E-state index contributed by atoms with van der Waals surface area (Å²) in [5.74, 6) is -0.0589. The van der Waals surface area contributed by atoms with E-state index >= 15 is 0 Å². The molecule has 0 aliphatic heterocycles. The lowest BCUT2D eigenvalue weighted by Gasteiger charge is -2.00. The highest BCUT2D eigenvalue weighted by Gasteiger charge is 2.08. The van der Waals surface area contributed by atoms with Crippen LogP contribution in [0.5, 0.6) is 0 Å². The Morgan fingerprint density at radius 2 is 2.21 bits per heavy atom. The van der Waals surface area contributed by atoms with Crippen LogP contribution in [-0.4, -0.2) is 5.16 Å². The molecule has 2 rings (SSSR count). The number of nitrogen functional groups attached to an aromatic ring is 1. The zero-order valence-electron chi connectivity index (χ0n) is 7.62. The third kappa shape index (κ3) is 1.35. The summed E-state index contributed by atoms with van der Waals surface area (Å²) < 4.78 is 17.9. The predicted molar refractivity (Wildman–Crippen MR) is 51.0 cm³/mol. The van der Waals surface area contributed by atoms with E-state index in [9.17, 15) is 4.39 Å². The molecule has 2 N–H and O–H groups in total. The SMILES string of the molecule is Cc1ccc(-c2cnoc2N)cc1F. The Hall–Kier alpha value is -1.84. The Morgan fingerprint density at radius 3 is 2.79 bits per heavy atom. The summed E-state index contributed by atoms with van der Waals surface area (Å²) in [4.78, 5) is 0. The van der Waals surface area contributed by atoms with E-state index < -0.39 is 0 Å². The molecule has 0 bridgehead atoms. The van der Waals surface area contributed by atoms with Crippen molar-refractivity contribution >= 4 is 5.88 Å². The minimum atomic E-state index is -0.261. The highest BCUT2D eigenvalue weighted by Crippen LogP contribution is 2.26. The van der Waals surface area contributed by atoms with Gasteiger partial charge >= 0.3 is 0 Å². The smallest absolute Gasteiger partial charge is 0.229 e. The van der Waals surface area contributed by atoms with Crippen molar-refractivity contribution in [3.8, 4) is 11.1 Å². The molecule has 0 atom stereocenters. The lowest BCUT2D eigenvalue weighted by atomic mass is 10.1. The molecule has 0 saturated carbocycles. The normalized spacial score (nSPS) is 10.4. The number of nitrogens with zero attached hydrogens (tertiary/aromatic N) is 1. The molecular formula is C10H9FN2O. The molecule has 0 fully saturated rings. The third-order valence-electron chi connectivity index (χ3n) is 2.08. The van der Waals surface area contributed by atoms with Crippen molar-refractivity contribution in [1.29, 1.82) is 0 Å². The molecule has 0 amide bonds. The molecule has 0 unspecified atom stereocenters. The van der Waals surface area contributed by atoms with Crippen LogP contribution in [0.2, 0.25) is 0 Å². The zero-order valence-corrected chi connectivity index (χ0v) is 7.62. The van der Waals surface area contributed by atoms with Gasteiger partial charge in [0.25, 0.3) is 0 Å². The van der Waals surface area contributed by atoms with Crippen LogP contribution >= 0.6 is 0 Å². The summed E-state index contributed by atoms with van der Waals surface area (Å²) in [6.45, 7) is 1.70. The monoisotopic (exact) mass is 192 g/mol. The molecule has 1 aromatic carbocycles. The lowest BCUT2D eigenvalue weighted by Crippen LogP contribution is -1.87. The highest BCUT2D eigenvalue weighted by atomic mass is 19.1. The fraction of sp³-hybridized carbons (Fsp3) is 0.100. The number of aryl methyl sites for hydroxylation is 1. The highest BCUT2D eigenvalue weighted by molar-refractivity contribution is 5.71. The van der Waals surface area contributed by atoms with Crippen LogP contribution in [0, 0.1) is 12.7 Å². The van der Waals surface area contributed by atoms with Gasteiger partial charge in [0.1, 0.15) is 5.82 Å². The van der Waals surface area contributed by atoms with Crippen molar-refractivity contribution in [1.82, 2.24) is 5.16 Å². The molecule has 0 aliphatic rings. The number of halogens is 1. The second-order valence-electron chi connectivity index (χ2n) is 3.07. The van der Waals surface area contributed by atoms with Crippen LogP contribution in [0.1, 0.15) is 5.56 Å². The summed E-state index contributed by atoms with van der Waals surface area (Å²) in [5, 5.41) is 3.53. The first-order valence-electron chi connectivity index (χ1n) is 4.15. The Balaban J connectivity index is 2.53. The summed E-state index contributed by atoms with van der Waals surface area (Å²) in [7, 11) is 0. The number of anilines is 1. The van der Waals surface area contributed by atoms with Gasteiger partial charge in [0.05, 0.1) is 11.8 Å². The minimum Gasteiger partial charge on any atom is -0.367 e. The second-order valence-corrected chi connectivity index (χ2v) is 3.07. The lowest BCUT2D eigenvalue weighted by molar-refractivity contribution is 0.436. The third-order valence-corrected chi connectivity index (χ3v) is 2.08. The Labute approximate surface area is 80.3 Å². The molecule has 2 aromatic rings. The molecule has 0 radical (unpaired) electrons. The van der Waals surface area contributed by atoms with E-state index in [0.717, 1.165) is 0 Å². The molecule has 1 heterocycles. The van der Waals surface area contributed by atoms with Crippen molar-refractivity contribution in [2.75, 3.05) is 5.73 Å².